The maximum Gasteiger partial charge on any atom is 0.292 e. The van der Waals surface area contributed by atoms with Gasteiger partial charge in [0.05, 0.1) is 17.6 Å². The van der Waals surface area contributed by atoms with Crippen molar-refractivity contribution in [2.24, 2.45) is 0 Å². The largest absolute Gasteiger partial charge is 0.465 e. The van der Waals surface area contributed by atoms with Crippen molar-refractivity contribution in [3.8, 4) is 5.95 Å². The van der Waals surface area contributed by atoms with E-state index in [0.29, 0.717) is 35.5 Å². The van der Waals surface area contributed by atoms with Gasteiger partial charge in [0.25, 0.3) is 5.95 Å². The maximum atomic E-state index is 12.6. The minimum absolute atomic E-state index is 0.0457. The summed E-state index contributed by atoms with van der Waals surface area (Å²) in [5.41, 5.74) is 1.32. The Labute approximate surface area is 132 Å². The van der Waals surface area contributed by atoms with Gasteiger partial charge in [0.1, 0.15) is 5.58 Å². The van der Waals surface area contributed by atoms with Gasteiger partial charge < -0.3 is 9.15 Å². The smallest absolute Gasteiger partial charge is 0.292 e. The predicted molar refractivity (Wildman–Crippen MR) is 89.6 cm³/mol. The molecule has 0 fully saturated rings. The molecule has 0 aliphatic rings. The fourth-order valence-electron chi connectivity index (χ4n) is 2.07. The number of ether oxygens (including phenoxy) is 1. The van der Waals surface area contributed by atoms with Gasteiger partial charge in [-0.15, -0.1) is 0 Å². The molecule has 0 aliphatic heterocycles. The molecule has 0 saturated carbocycles. The zero-order valence-electron chi connectivity index (χ0n) is 11.9. The quantitative estimate of drug-likeness (QED) is 0.685. The van der Waals surface area contributed by atoms with Crippen LogP contribution < -0.4 is 10.2 Å². The van der Waals surface area contributed by atoms with E-state index in [-0.39, 0.29) is 5.43 Å². The van der Waals surface area contributed by atoms with Gasteiger partial charge in [-0.2, -0.15) is 0 Å². The predicted octanol–water partition coefficient (Wildman–Crippen LogP) is 4.53. The van der Waals surface area contributed by atoms with Crippen LogP contribution in [0, 0.1) is 3.57 Å². The summed E-state index contributed by atoms with van der Waals surface area (Å²) in [6.07, 6.45) is 3.60. The van der Waals surface area contributed by atoms with Crippen LogP contribution in [-0.4, -0.2) is 6.61 Å². The summed E-state index contributed by atoms with van der Waals surface area (Å²) in [7, 11) is 0. The van der Waals surface area contributed by atoms with E-state index in [9.17, 15) is 4.79 Å². The molecule has 0 atom stereocenters. The average molecular weight is 386 g/mol. The molecule has 108 valence electrons. The van der Waals surface area contributed by atoms with Crippen molar-refractivity contribution in [3.05, 3.63) is 37.6 Å². The van der Waals surface area contributed by atoms with Gasteiger partial charge in [0, 0.05) is 3.57 Å². The lowest BCUT2D eigenvalue weighted by Crippen LogP contribution is -2.12. The van der Waals surface area contributed by atoms with E-state index in [2.05, 4.69) is 29.5 Å². The number of unbranched alkanes of at least 4 members (excludes halogenated alkanes) is 1. The molecule has 0 unspecified atom stereocenters. The van der Waals surface area contributed by atoms with Gasteiger partial charge in [0.2, 0.25) is 0 Å². The lowest BCUT2D eigenvalue weighted by molar-refractivity contribution is 0.241. The number of hydrogen-bond acceptors (Lipinski definition) is 3. The van der Waals surface area contributed by atoms with Crippen molar-refractivity contribution in [2.75, 3.05) is 6.61 Å². The Kier molecular flexibility index (Phi) is 5.46. The van der Waals surface area contributed by atoms with Crippen molar-refractivity contribution < 1.29 is 9.15 Å². The molecule has 4 heteroatoms. The van der Waals surface area contributed by atoms with Gasteiger partial charge >= 0.3 is 0 Å². The Bertz CT molecular complexity index is 646. The molecule has 3 nitrogen and oxygen atoms in total. The fourth-order valence-corrected chi connectivity index (χ4v) is 2.56. The Morgan fingerprint density at radius 2 is 2.05 bits per heavy atom. The first-order valence-electron chi connectivity index (χ1n) is 7.05. The van der Waals surface area contributed by atoms with Gasteiger partial charge in [-0.05, 0) is 60.1 Å². The highest BCUT2D eigenvalue weighted by Crippen LogP contribution is 2.24. The number of benzene rings is 1. The summed E-state index contributed by atoms with van der Waals surface area (Å²) in [4.78, 5) is 12.6. The first-order chi connectivity index (χ1) is 9.67. The van der Waals surface area contributed by atoms with Crippen LogP contribution in [0.1, 0.15) is 38.7 Å². The molecule has 0 amide bonds. The molecule has 2 aromatic rings. The van der Waals surface area contributed by atoms with Crippen LogP contribution in [-0.2, 0) is 6.42 Å². The van der Waals surface area contributed by atoms with Crippen LogP contribution in [0.2, 0.25) is 0 Å². The topological polar surface area (TPSA) is 39.4 Å². The van der Waals surface area contributed by atoms with Gasteiger partial charge in [-0.25, -0.2) is 0 Å². The highest BCUT2D eigenvalue weighted by atomic mass is 127. The molecule has 1 aromatic carbocycles. The van der Waals surface area contributed by atoms with Crippen molar-refractivity contribution >= 4 is 33.6 Å². The van der Waals surface area contributed by atoms with Crippen LogP contribution in [0.25, 0.3) is 11.0 Å². The molecule has 0 spiro atoms. The number of fused-ring (bicyclic) bond motifs is 1. The summed E-state index contributed by atoms with van der Waals surface area (Å²) >= 11 is 2.20. The molecular formula is C16H19IO3. The summed E-state index contributed by atoms with van der Waals surface area (Å²) in [6, 6.07) is 5.64. The molecule has 0 radical (unpaired) electrons. The highest BCUT2D eigenvalue weighted by molar-refractivity contribution is 14.1. The normalized spacial score (nSPS) is 10.9. The monoisotopic (exact) mass is 386 g/mol. The van der Waals surface area contributed by atoms with Crippen LogP contribution in [0.3, 0.4) is 0 Å². The van der Waals surface area contributed by atoms with Gasteiger partial charge in [-0.1, -0.05) is 20.3 Å². The van der Waals surface area contributed by atoms with E-state index in [0.717, 1.165) is 22.8 Å². The summed E-state index contributed by atoms with van der Waals surface area (Å²) in [5.74, 6) is 0.402. The molecule has 1 aromatic heterocycles. The zero-order chi connectivity index (χ0) is 14.5. The van der Waals surface area contributed by atoms with Crippen LogP contribution >= 0.6 is 22.6 Å². The van der Waals surface area contributed by atoms with E-state index >= 15 is 0 Å². The molecule has 0 N–H and O–H groups in total. The minimum atomic E-state index is 0.0457. The van der Waals surface area contributed by atoms with Crippen LogP contribution in [0.15, 0.2) is 27.4 Å². The number of halogens is 1. The van der Waals surface area contributed by atoms with E-state index in [1.165, 1.54) is 0 Å². The Balaban J connectivity index is 2.56. The second kappa shape index (κ2) is 7.11. The second-order valence-electron chi connectivity index (χ2n) is 4.79. The third-order valence-electron chi connectivity index (χ3n) is 3.13. The second-order valence-corrected chi connectivity index (χ2v) is 6.04. The molecule has 20 heavy (non-hydrogen) atoms. The summed E-state index contributed by atoms with van der Waals surface area (Å²) in [5, 5.41) is 0.645. The third kappa shape index (κ3) is 3.34. The van der Waals surface area contributed by atoms with Crippen LogP contribution in [0.4, 0.5) is 0 Å². The van der Waals surface area contributed by atoms with Crippen molar-refractivity contribution in [1.82, 2.24) is 0 Å². The lowest BCUT2D eigenvalue weighted by Gasteiger charge is -2.10. The van der Waals surface area contributed by atoms with Crippen molar-refractivity contribution in [1.29, 1.82) is 0 Å². The molecular weight excluding hydrogens is 367 g/mol. The molecule has 0 bridgehead atoms. The van der Waals surface area contributed by atoms with E-state index in [1.54, 1.807) is 0 Å². The first-order valence-corrected chi connectivity index (χ1v) is 8.13. The number of rotatable bonds is 6. The van der Waals surface area contributed by atoms with Crippen molar-refractivity contribution in [3.63, 3.8) is 0 Å². The SMILES string of the molecule is CCCCc1c(OCCC)oc2ccc(I)cc2c1=O. The Morgan fingerprint density at radius 1 is 1.25 bits per heavy atom. The Hall–Kier alpha value is -1.04. The van der Waals surface area contributed by atoms with Gasteiger partial charge in [0.15, 0.2) is 5.43 Å². The first kappa shape index (κ1) is 15.4. The highest BCUT2D eigenvalue weighted by Gasteiger charge is 2.15. The van der Waals surface area contributed by atoms with Gasteiger partial charge in [-0.3, -0.25) is 4.79 Å². The van der Waals surface area contributed by atoms with Crippen LogP contribution in [0.5, 0.6) is 5.95 Å². The maximum absolute atomic E-state index is 12.6. The molecule has 0 aliphatic carbocycles. The average Bonchev–Trinajstić information content (AvgIpc) is 2.45. The van der Waals surface area contributed by atoms with E-state index < -0.39 is 0 Å². The zero-order valence-corrected chi connectivity index (χ0v) is 14.0. The number of hydrogen-bond donors (Lipinski definition) is 0. The molecule has 1 heterocycles. The standard InChI is InChI=1S/C16H19IO3/c1-3-5-6-12-15(18)13-10-11(17)7-8-14(13)20-16(12)19-9-4-2/h7-8,10H,3-6,9H2,1-2H3. The van der Waals surface area contributed by atoms with Crippen molar-refractivity contribution in [2.45, 2.75) is 39.5 Å². The third-order valence-corrected chi connectivity index (χ3v) is 3.80. The van der Waals surface area contributed by atoms with E-state index in [4.69, 9.17) is 9.15 Å². The minimum Gasteiger partial charge on any atom is -0.465 e. The summed E-state index contributed by atoms with van der Waals surface area (Å²) in [6.45, 7) is 4.71. The summed E-state index contributed by atoms with van der Waals surface area (Å²) < 4.78 is 12.5. The lowest BCUT2D eigenvalue weighted by atomic mass is 10.1. The molecule has 2 rings (SSSR count). The Morgan fingerprint density at radius 3 is 2.75 bits per heavy atom. The van der Waals surface area contributed by atoms with E-state index in [1.807, 2.05) is 25.1 Å². The fraction of sp³-hybridized carbons (Fsp3) is 0.438. The molecule has 0 saturated heterocycles.